The van der Waals surface area contributed by atoms with E-state index in [2.05, 4.69) is 63.7 Å². The number of benzene rings is 2. The summed E-state index contributed by atoms with van der Waals surface area (Å²) < 4.78 is 13.8. The molecule has 0 amide bonds. The van der Waals surface area contributed by atoms with Gasteiger partial charge in [0.25, 0.3) is 0 Å². The summed E-state index contributed by atoms with van der Waals surface area (Å²) in [5, 5.41) is 0. The second-order valence-corrected chi connectivity index (χ2v) is 7.84. The average Bonchev–Trinajstić information content (AvgIpc) is 2.45. The zero-order chi connectivity index (χ0) is 16.1. The van der Waals surface area contributed by atoms with E-state index in [4.69, 9.17) is 9.47 Å². The van der Waals surface area contributed by atoms with E-state index in [1.165, 1.54) is 0 Å². The average molecular weight is 558 g/mol. The summed E-state index contributed by atoms with van der Waals surface area (Å²) >= 11 is 13.6. The van der Waals surface area contributed by atoms with E-state index in [0.717, 1.165) is 29.0 Å². The van der Waals surface area contributed by atoms with Crippen molar-refractivity contribution in [3.8, 4) is 0 Å². The van der Waals surface area contributed by atoms with Crippen molar-refractivity contribution < 1.29 is 14.3 Å². The third-order valence-electron chi connectivity index (χ3n) is 2.72. The molecule has 0 fully saturated rings. The van der Waals surface area contributed by atoms with Crippen LogP contribution in [0.1, 0.15) is 11.1 Å². The van der Waals surface area contributed by atoms with Gasteiger partial charge >= 0.3 is 6.16 Å². The summed E-state index contributed by atoms with van der Waals surface area (Å²) in [4.78, 5) is 11.7. The molecule has 3 nitrogen and oxygen atoms in total. The van der Waals surface area contributed by atoms with E-state index in [1.807, 2.05) is 36.4 Å². The van der Waals surface area contributed by atoms with E-state index in [-0.39, 0.29) is 13.2 Å². The predicted molar refractivity (Wildman–Crippen MR) is 98.7 cm³/mol. The quantitative estimate of drug-likeness (QED) is 0.398. The normalized spacial score (nSPS) is 10.4. The van der Waals surface area contributed by atoms with E-state index < -0.39 is 6.16 Å². The Morgan fingerprint density at radius 3 is 1.55 bits per heavy atom. The van der Waals surface area contributed by atoms with Crippen molar-refractivity contribution >= 4 is 69.9 Å². The van der Waals surface area contributed by atoms with Crippen LogP contribution < -0.4 is 0 Å². The van der Waals surface area contributed by atoms with Crippen LogP contribution in [0.5, 0.6) is 0 Å². The van der Waals surface area contributed by atoms with Crippen LogP contribution in [0.15, 0.2) is 54.3 Å². The fourth-order valence-electron chi connectivity index (χ4n) is 1.59. The van der Waals surface area contributed by atoms with Crippen LogP contribution in [0.4, 0.5) is 4.79 Å². The van der Waals surface area contributed by atoms with E-state index in [1.54, 1.807) is 0 Å². The van der Waals surface area contributed by atoms with E-state index in [9.17, 15) is 4.79 Å². The summed E-state index contributed by atoms with van der Waals surface area (Å²) in [7, 11) is 0. The van der Waals surface area contributed by atoms with Gasteiger partial charge in [0.2, 0.25) is 0 Å². The molecule has 22 heavy (non-hydrogen) atoms. The lowest BCUT2D eigenvalue weighted by molar-refractivity contribution is 0.0444. The third kappa shape index (κ3) is 5.37. The van der Waals surface area contributed by atoms with Crippen LogP contribution in [0.25, 0.3) is 0 Å². The van der Waals surface area contributed by atoms with Gasteiger partial charge in [-0.05, 0) is 24.3 Å². The Morgan fingerprint density at radius 1 is 0.773 bits per heavy atom. The summed E-state index contributed by atoms with van der Waals surface area (Å²) in [5.74, 6) is 0. The maximum Gasteiger partial charge on any atom is 0.508 e. The summed E-state index contributed by atoms with van der Waals surface area (Å²) in [6.07, 6.45) is -0.704. The zero-order valence-corrected chi connectivity index (χ0v) is 17.5. The lowest BCUT2D eigenvalue weighted by atomic mass is 10.2. The SMILES string of the molecule is O=C(OCc1ccc(Br)cc1Br)OCc1ccc(Br)cc1Br. The first kappa shape index (κ1) is 18.0. The highest BCUT2D eigenvalue weighted by Crippen LogP contribution is 2.24. The molecule has 7 heteroatoms. The summed E-state index contributed by atoms with van der Waals surface area (Å²) in [5.41, 5.74) is 1.73. The lowest BCUT2D eigenvalue weighted by Gasteiger charge is -2.09. The maximum absolute atomic E-state index is 11.7. The molecule has 0 saturated carbocycles. The molecule has 0 spiro atoms. The first-order valence-corrected chi connectivity index (χ1v) is 9.30. The highest BCUT2D eigenvalue weighted by molar-refractivity contribution is 9.11. The largest absolute Gasteiger partial charge is 0.508 e. The smallest absolute Gasteiger partial charge is 0.429 e. The maximum atomic E-state index is 11.7. The van der Waals surface area contributed by atoms with Crippen molar-refractivity contribution in [2.24, 2.45) is 0 Å². The van der Waals surface area contributed by atoms with Crippen LogP contribution in [0, 0.1) is 0 Å². The monoisotopic (exact) mass is 554 g/mol. The molecule has 0 aliphatic carbocycles. The minimum absolute atomic E-state index is 0.147. The van der Waals surface area contributed by atoms with Gasteiger partial charge in [-0.1, -0.05) is 75.9 Å². The second-order valence-electron chi connectivity index (χ2n) is 4.30. The van der Waals surface area contributed by atoms with Crippen molar-refractivity contribution in [2.75, 3.05) is 0 Å². The first-order chi connectivity index (χ1) is 10.5. The molecule has 0 aromatic heterocycles. The molecule has 0 aliphatic heterocycles. The van der Waals surface area contributed by atoms with Gasteiger partial charge in [-0.3, -0.25) is 0 Å². The number of carbonyl (C=O) groups is 1. The number of halogens is 4. The van der Waals surface area contributed by atoms with Gasteiger partial charge < -0.3 is 9.47 Å². The van der Waals surface area contributed by atoms with Crippen molar-refractivity contribution in [1.82, 2.24) is 0 Å². The summed E-state index contributed by atoms with van der Waals surface area (Å²) in [6, 6.07) is 11.3. The Kier molecular flexibility index (Phi) is 6.92. The Balaban J connectivity index is 1.85. The third-order valence-corrected chi connectivity index (χ3v) is 5.18. The number of carbonyl (C=O) groups excluding carboxylic acids is 1. The Morgan fingerprint density at radius 2 is 1.18 bits per heavy atom. The molecule has 0 aliphatic rings. The van der Waals surface area contributed by atoms with Crippen LogP contribution in [0.3, 0.4) is 0 Å². The highest BCUT2D eigenvalue weighted by Gasteiger charge is 2.09. The number of hydrogen-bond acceptors (Lipinski definition) is 3. The Labute approximate surface area is 161 Å². The standard InChI is InChI=1S/C15H10Br4O3/c16-11-3-1-9(13(18)5-11)7-21-15(20)22-8-10-2-4-12(17)6-14(10)19/h1-6H,7-8H2. The molecule has 2 rings (SSSR count). The van der Waals surface area contributed by atoms with Gasteiger partial charge in [0, 0.05) is 29.0 Å². The lowest BCUT2D eigenvalue weighted by Crippen LogP contribution is -2.08. The second kappa shape index (κ2) is 8.47. The molecule has 0 unspecified atom stereocenters. The van der Waals surface area contributed by atoms with Crippen molar-refractivity contribution in [1.29, 1.82) is 0 Å². The van der Waals surface area contributed by atoms with Crippen LogP contribution in [-0.2, 0) is 22.7 Å². The van der Waals surface area contributed by atoms with Crippen molar-refractivity contribution in [3.63, 3.8) is 0 Å². The molecule has 0 heterocycles. The summed E-state index contributed by atoms with van der Waals surface area (Å²) in [6.45, 7) is 0.294. The fraction of sp³-hybridized carbons (Fsp3) is 0.133. The van der Waals surface area contributed by atoms with Gasteiger partial charge in [-0.2, -0.15) is 0 Å². The molecule has 0 N–H and O–H groups in total. The zero-order valence-electron chi connectivity index (χ0n) is 11.1. The van der Waals surface area contributed by atoms with Gasteiger partial charge in [-0.15, -0.1) is 0 Å². The molecule has 0 atom stereocenters. The molecule has 116 valence electrons. The molecule has 2 aromatic rings. The van der Waals surface area contributed by atoms with Crippen molar-refractivity contribution in [2.45, 2.75) is 13.2 Å². The topological polar surface area (TPSA) is 35.5 Å². The van der Waals surface area contributed by atoms with Gasteiger partial charge in [-0.25, -0.2) is 4.79 Å². The van der Waals surface area contributed by atoms with Crippen LogP contribution in [-0.4, -0.2) is 6.16 Å². The number of ether oxygens (including phenoxy) is 2. The minimum Gasteiger partial charge on any atom is -0.429 e. The highest BCUT2D eigenvalue weighted by atomic mass is 79.9. The molecule has 0 saturated heterocycles. The van der Waals surface area contributed by atoms with Gasteiger partial charge in [0.1, 0.15) is 13.2 Å². The molecule has 2 aromatic carbocycles. The van der Waals surface area contributed by atoms with E-state index in [0.29, 0.717) is 0 Å². The Hall–Kier alpha value is -0.370. The van der Waals surface area contributed by atoms with Gasteiger partial charge in [0.15, 0.2) is 0 Å². The fourth-order valence-corrected chi connectivity index (χ4v) is 3.92. The molecule has 0 bridgehead atoms. The number of rotatable bonds is 4. The van der Waals surface area contributed by atoms with E-state index >= 15 is 0 Å². The predicted octanol–water partition coefficient (Wildman–Crippen LogP) is 6.59. The Bertz CT molecular complexity index is 631. The molecular weight excluding hydrogens is 548 g/mol. The molecular formula is C15H10Br4O3. The number of hydrogen-bond donors (Lipinski definition) is 0. The molecule has 0 radical (unpaired) electrons. The van der Waals surface area contributed by atoms with Crippen LogP contribution >= 0.6 is 63.7 Å². The van der Waals surface area contributed by atoms with Crippen LogP contribution in [0.2, 0.25) is 0 Å². The first-order valence-electron chi connectivity index (χ1n) is 6.13. The minimum atomic E-state index is -0.704. The van der Waals surface area contributed by atoms with Gasteiger partial charge in [0.05, 0.1) is 0 Å². The van der Waals surface area contributed by atoms with Crippen molar-refractivity contribution in [3.05, 3.63) is 65.4 Å².